The monoisotopic (exact) mass is 217 g/mol. The number of pyridine rings is 1. The largest absolute Gasteiger partial charge is 0.399 e. The first-order valence-corrected chi connectivity index (χ1v) is 5.16. The SMILES string of the molecule is Nc1ccn2nc(N3CCCC3=O)nc2c1. The van der Waals surface area contributed by atoms with Crippen LogP contribution in [-0.4, -0.2) is 27.0 Å². The van der Waals surface area contributed by atoms with Crippen LogP contribution in [-0.2, 0) is 4.79 Å². The standard InChI is InChI=1S/C10H11N5O/c11-7-3-5-15-8(6-7)12-10(13-15)14-4-1-2-9(14)16/h3,5-6H,1-2,4,11H2. The molecule has 0 spiro atoms. The summed E-state index contributed by atoms with van der Waals surface area (Å²) in [5.74, 6) is 0.553. The average Bonchev–Trinajstić information content (AvgIpc) is 2.82. The van der Waals surface area contributed by atoms with E-state index >= 15 is 0 Å². The molecule has 6 nitrogen and oxygen atoms in total. The molecule has 1 fully saturated rings. The Balaban J connectivity index is 2.08. The van der Waals surface area contributed by atoms with Gasteiger partial charge in [0.25, 0.3) is 5.95 Å². The zero-order valence-corrected chi connectivity index (χ0v) is 8.63. The van der Waals surface area contributed by atoms with Crippen molar-refractivity contribution in [3.63, 3.8) is 0 Å². The normalized spacial score (nSPS) is 16.2. The van der Waals surface area contributed by atoms with Gasteiger partial charge in [0.15, 0.2) is 5.65 Å². The van der Waals surface area contributed by atoms with Crippen molar-refractivity contribution in [2.24, 2.45) is 0 Å². The summed E-state index contributed by atoms with van der Waals surface area (Å²) in [6.07, 6.45) is 3.19. The average molecular weight is 217 g/mol. The second-order valence-corrected chi connectivity index (χ2v) is 3.82. The van der Waals surface area contributed by atoms with E-state index in [-0.39, 0.29) is 5.91 Å². The summed E-state index contributed by atoms with van der Waals surface area (Å²) in [4.78, 5) is 17.4. The molecule has 0 unspecified atom stereocenters. The molecular formula is C10H11N5O. The van der Waals surface area contributed by atoms with E-state index in [0.717, 1.165) is 6.42 Å². The Kier molecular flexibility index (Phi) is 1.82. The van der Waals surface area contributed by atoms with Crippen molar-refractivity contribution in [3.05, 3.63) is 18.3 Å². The van der Waals surface area contributed by atoms with Crippen molar-refractivity contribution in [3.8, 4) is 0 Å². The molecule has 6 heteroatoms. The molecule has 82 valence electrons. The summed E-state index contributed by atoms with van der Waals surface area (Å²) in [7, 11) is 0. The maximum Gasteiger partial charge on any atom is 0.252 e. The van der Waals surface area contributed by atoms with Crippen LogP contribution in [0.1, 0.15) is 12.8 Å². The number of anilines is 2. The van der Waals surface area contributed by atoms with Crippen LogP contribution >= 0.6 is 0 Å². The van der Waals surface area contributed by atoms with Crippen molar-refractivity contribution >= 4 is 23.2 Å². The maximum absolute atomic E-state index is 11.5. The maximum atomic E-state index is 11.5. The van der Waals surface area contributed by atoms with Crippen LogP contribution in [0, 0.1) is 0 Å². The van der Waals surface area contributed by atoms with Crippen molar-refractivity contribution in [1.29, 1.82) is 0 Å². The van der Waals surface area contributed by atoms with Crippen LogP contribution in [0.5, 0.6) is 0 Å². The lowest BCUT2D eigenvalue weighted by atomic mass is 10.4. The highest BCUT2D eigenvalue weighted by molar-refractivity contribution is 5.93. The van der Waals surface area contributed by atoms with Gasteiger partial charge in [-0.25, -0.2) is 4.52 Å². The van der Waals surface area contributed by atoms with Crippen molar-refractivity contribution in [1.82, 2.24) is 14.6 Å². The summed E-state index contributed by atoms with van der Waals surface area (Å²) in [5.41, 5.74) is 6.95. The lowest BCUT2D eigenvalue weighted by Crippen LogP contribution is -2.24. The third-order valence-corrected chi connectivity index (χ3v) is 2.67. The van der Waals surface area contributed by atoms with E-state index < -0.39 is 0 Å². The number of amides is 1. The van der Waals surface area contributed by atoms with Crippen LogP contribution in [0.2, 0.25) is 0 Å². The molecule has 2 N–H and O–H groups in total. The summed E-state index contributed by atoms with van der Waals surface area (Å²) in [6.45, 7) is 0.700. The van der Waals surface area contributed by atoms with E-state index in [4.69, 9.17) is 5.73 Å². The van der Waals surface area contributed by atoms with Crippen LogP contribution in [0.3, 0.4) is 0 Å². The van der Waals surface area contributed by atoms with Gasteiger partial charge in [-0.3, -0.25) is 9.69 Å². The van der Waals surface area contributed by atoms with Gasteiger partial charge in [0.05, 0.1) is 0 Å². The Morgan fingerprint density at radius 3 is 3.06 bits per heavy atom. The minimum Gasteiger partial charge on any atom is -0.399 e. The Morgan fingerprint density at radius 1 is 1.44 bits per heavy atom. The van der Waals surface area contributed by atoms with Gasteiger partial charge in [-0.15, -0.1) is 5.10 Å². The van der Waals surface area contributed by atoms with E-state index in [9.17, 15) is 4.79 Å². The number of fused-ring (bicyclic) bond motifs is 1. The number of nitrogen functional groups attached to an aromatic ring is 1. The van der Waals surface area contributed by atoms with Crippen LogP contribution in [0.25, 0.3) is 5.65 Å². The first-order chi connectivity index (χ1) is 7.74. The smallest absolute Gasteiger partial charge is 0.252 e. The predicted octanol–water partition coefficient (Wildman–Crippen LogP) is 0.438. The first-order valence-electron chi connectivity index (χ1n) is 5.16. The van der Waals surface area contributed by atoms with Crippen LogP contribution in [0.4, 0.5) is 11.6 Å². The molecule has 0 radical (unpaired) electrons. The van der Waals surface area contributed by atoms with Crippen LogP contribution < -0.4 is 10.6 Å². The fourth-order valence-electron chi connectivity index (χ4n) is 1.86. The van der Waals surface area contributed by atoms with Gasteiger partial charge in [0.2, 0.25) is 5.91 Å². The molecule has 0 atom stereocenters. The molecule has 0 aliphatic carbocycles. The van der Waals surface area contributed by atoms with E-state index in [1.807, 2.05) is 0 Å². The molecule has 0 bridgehead atoms. The van der Waals surface area contributed by atoms with Crippen molar-refractivity contribution < 1.29 is 4.79 Å². The molecule has 2 aromatic heterocycles. The molecule has 1 aliphatic rings. The summed E-state index contributed by atoms with van der Waals surface area (Å²) < 4.78 is 1.62. The summed E-state index contributed by atoms with van der Waals surface area (Å²) in [5, 5.41) is 4.24. The third-order valence-electron chi connectivity index (χ3n) is 2.67. The van der Waals surface area contributed by atoms with E-state index in [0.29, 0.717) is 30.2 Å². The topological polar surface area (TPSA) is 76.5 Å². The highest BCUT2D eigenvalue weighted by atomic mass is 16.2. The number of carbonyl (C=O) groups excluding carboxylic acids is 1. The molecule has 0 saturated carbocycles. The van der Waals surface area contributed by atoms with Gasteiger partial charge in [-0.05, 0) is 12.5 Å². The zero-order valence-electron chi connectivity index (χ0n) is 8.63. The molecule has 16 heavy (non-hydrogen) atoms. The second kappa shape index (κ2) is 3.19. The van der Waals surface area contributed by atoms with Crippen molar-refractivity contribution in [2.75, 3.05) is 17.2 Å². The zero-order chi connectivity index (χ0) is 11.1. The van der Waals surface area contributed by atoms with Crippen molar-refractivity contribution in [2.45, 2.75) is 12.8 Å². The lowest BCUT2D eigenvalue weighted by Gasteiger charge is -2.08. The third kappa shape index (κ3) is 1.30. The lowest BCUT2D eigenvalue weighted by molar-refractivity contribution is -0.117. The number of hydrogen-bond donors (Lipinski definition) is 1. The Hall–Kier alpha value is -2.11. The van der Waals surface area contributed by atoms with Gasteiger partial charge >= 0.3 is 0 Å². The molecule has 3 heterocycles. The second-order valence-electron chi connectivity index (χ2n) is 3.82. The number of hydrogen-bond acceptors (Lipinski definition) is 4. The van der Waals surface area contributed by atoms with Gasteiger partial charge < -0.3 is 5.73 Å². The fraction of sp³-hybridized carbons (Fsp3) is 0.300. The quantitative estimate of drug-likeness (QED) is 0.751. The number of rotatable bonds is 1. The summed E-state index contributed by atoms with van der Waals surface area (Å²) >= 11 is 0. The molecule has 1 amide bonds. The van der Waals surface area contributed by atoms with E-state index in [2.05, 4.69) is 10.1 Å². The van der Waals surface area contributed by atoms with Gasteiger partial charge in [-0.1, -0.05) is 0 Å². The highest BCUT2D eigenvalue weighted by Gasteiger charge is 2.25. The molecule has 1 saturated heterocycles. The van der Waals surface area contributed by atoms with Crippen LogP contribution in [0.15, 0.2) is 18.3 Å². The molecule has 0 aromatic carbocycles. The number of aromatic nitrogens is 3. The molecule has 2 aromatic rings. The minimum absolute atomic E-state index is 0.0869. The highest BCUT2D eigenvalue weighted by Crippen LogP contribution is 2.18. The number of nitrogens with zero attached hydrogens (tertiary/aromatic N) is 4. The van der Waals surface area contributed by atoms with E-state index in [1.165, 1.54) is 0 Å². The summed E-state index contributed by atoms with van der Waals surface area (Å²) in [6, 6.07) is 3.48. The fourth-order valence-corrected chi connectivity index (χ4v) is 1.86. The number of nitrogens with two attached hydrogens (primary N) is 1. The van der Waals surface area contributed by atoms with Gasteiger partial charge in [0.1, 0.15) is 0 Å². The van der Waals surface area contributed by atoms with E-state index in [1.54, 1.807) is 27.7 Å². The molecule has 1 aliphatic heterocycles. The molecule has 3 rings (SSSR count). The Morgan fingerprint density at radius 2 is 2.31 bits per heavy atom. The molecular weight excluding hydrogens is 206 g/mol. The predicted molar refractivity (Wildman–Crippen MR) is 59.0 cm³/mol. The first kappa shape index (κ1) is 9.14. The minimum atomic E-state index is 0.0869. The van der Waals surface area contributed by atoms with Gasteiger partial charge in [0, 0.05) is 30.9 Å². The Bertz CT molecular complexity index is 561. The number of carbonyl (C=O) groups is 1. The van der Waals surface area contributed by atoms with Gasteiger partial charge in [-0.2, -0.15) is 4.98 Å². The Labute approximate surface area is 91.7 Å².